The van der Waals surface area contributed by atoms with Gasteiger partial charge in [-0.05, 0) is 32.9 Å². The molecule has 1 rings (SSSR count). The summed E-state index contributed by atoms with van der Waals surface area (Å²) < 4.78 is 0. The summed E-state index contributed by atoms with van der Waals surface area (Å²) in [4.78, 5) is 24.3. The number of carboxylic acid groups (broad SMARTS) is 1. The van der Waals surface area contributed by atoms with Gasteiger partial charge in [-0.15, -0.1) is 0 Å². The smallest absolute Gasteiger partial charge is 0.337 e. The summed E-state index contributed by atoms with van der Waals surface area (Å²) in [6.45, 7) is 4.26. The number of hydrogen-bond donors (Lipinski definition) is 4. The van der Waals surface area contributed by atoms with Crippen molar-refractivity contribution in [2.24, 2.45) is 0 Å². The number of aliphatic hydroxyl groups is 1. The molecule has 0 aromatic carbocycles. The van der Waals surface area contributed by atoms with Crippen molar-refractivity contribution in [3.8, 4) is 0 Å². The first-order valence-corrected chi connectivity index (χ1v) is 6.61. The second-order valence-corrected chi connectivity index (χ2v) is 5.09. The molecule has 7 nitrogen and oxygen atoms in total. The van der Waals surface area contributed by atoms with Crippen LogP contribution in [-0.2, 0) is 4.79 Å². The highest BCUT2D eigenvalue weighted by atomic mass is 16.4. The lowest BCUT2D eigenvalue weighted by Gasteiger charge is -2.26. The van der Waals surface area contributed by atoms with Crippen molar-refractivity contribution in [1.29, 1.82) is 0 Å². The van der Waals surface area contributed by atoms with Gasteiger partial charge >= 0.3 is 12.0 Å². The number of nitrogens with zero attached hydrogens (tertiary/aromatic N) is 1. The van der Waals surface area contributed by atoms with Crippen molar-refractivity contribution >= 4 is 12.0 Å². The van der Waals surface area contributed by atoms with Crippen molar-refractivity contribution < 1.29 is 19.8 Å². The minimum Gasteiger partial charge on any atom is -0.479 e. The minimum absolute atomic E-state index is 0.322. The van der Waals surface area contributed by atoms with Crippen LogP contribution in [-0.4, -0.2) is 65.4 Å². The second-order valence-electron chi connectivity index (χ2n) is 5.09. The summed E-state index contributed by atoms with van der Waals surface area (Å²) in [5, 5.41) is 23.1. The maximum absolute atomic E-state index is 11.4. The summed E-state index contributed by atoms with van der Waals surface area (Å²) in [5.41, 5.74) is -1.94. The lowest BCUT2D eigenvalue weighted by Crippen LogP contribution is -2.50. The van der Waals surface area contributed by atoms with E-state index in [0.717, 1.165) is 26.6 Å². The van der Waals surface area contributed by atoms with E-state index in [9.17, 15) is 14.7 Å². The average Bonchev–Trinajstić information content (AvgIpc) is 2.37. The number of piperidine rings is 1. The maximum Gasteiger partial charge on any atom is 0.337 e. The van der Waals surface area contributed by atoms with E-state index in [1.165, 1.54) is 19.3 Å². The number of hydrogen-bond acceptors (Lipinski definition) is 4. The Bertz CT molecular complexity index is 314. The number of aliphatic carboxylic acids is 1. The number of carbonyl (C=O) groups excluding carboxylic acids is 1. The van der Waals surface area contributed by atoms with E-state index < -0.39 is 17.6 Å². The third-order valence-corrected chi connectivity index (χ3v) is 3.22. The van der Waals surface area contributed by atoms with E-state index in [-0.39, 0.29) is 6.54 Å². The Morgan fingerprint density at radius 3 is 2.42 bits per heavy atom. The molecule has 0 radical (unpaired) electrons. The normalized spacial score (nSPS) is 19.5. The zero-order valence-electron chi connectivity index (χ0n) is 11.3. The van der Waals surface area contributed by atoms with E-state index >= 15 is 0 Å². The minimum atomic E-state index is -1.94. The SMILES string of the molecule is CC(O)(CNC(=O)NCCN1CCCCC1)C(=O)O. The zero-order chi connectivity index (χ0) is 14.3. The van der Waals surface area contributed by atoms with E-state index in [0.29, 0.717) is 6.54 Å². The first kappa shape index (κ1) is 15.7. The molecule has 110 valence electrons. The fourth-order valence-electron chi connectivity index (χ4n) is 1.90. The van der Waals surface area contributed by atoms with Crippen LogP contribution in [0.2, 0.25) is 0 Å². The van der Waals surface area contributed by atoms with Crippen LogP contribution in [0.3, 0.4) is 0 Å². The Morgan fingerprint density at radius 1 is 1.21 bits per heavy atom. The van der Waals surface area contributed by atoms with Gasteiger partial charge in [-0.2, -0.15) is 0 Å². The van der Waals surface area contributed by atoms with Gasteiger partial charge in [0.05, 0.1) is 6.54 Å². The quantitative estimate of drug-likeness (QED) is 0.528. The summed E-state index contributed by atoms with van der Waals surface area (Å²) in [5.74, 6) is -1.36. The standard InChI is InChI=1S/C12H23N3O4/c1-12(19,10(16)17)9-14-11(18)13-5-8-15-6-3-2-4-7-15/h19H,2-9H2,1H3,(H,16,17)(H2,13,14,18). The average molecular weight is 273 g/mol. The van der Waals surface area contributed by atoms with Gasteiger partial charge in [-0.25, -0.2) is 9.59 Å². The molecule has 1 unspecified atom stereocenters. The first-order chi connectivity index (χ1) is 8.92. The predicted octanol–water partition coefficient (Wildman–Crippen LogP) is -0.393. The largest absolute Gasteiger partial charge is 0.479 e. The molecule has 1 fully saturated rings. The van der Waals surface area contributed by atoms with Gasteiger partial charge in [0.2, 0.25) is 0 Å². The van der Waals surface area contributed by atoms with Gasteiger partial charge in [0.15, 0.2) is 5.60 Å². The molecule has 1 atom stereocenters. The molecule has 19 heavy (non-hydrogen) atoms. The first-order valence-electron chi connectivity index (χ1n) is 6.61. The van der Waals surface area contributed by atoms with Crippen molar-refractivity contribution in [1.82, 2.24) is 15.5 Å². The van der Waals surface area contributed by atoms with E-state index in [1.807, 2.05) is 0 Å². The molecule has 7 heteroatoms. The van der Waals surface area contributed by atoms with Crippen LogP contribution in [0.4, 0.5) is 4.79 Å². The van der Waals surface area contributed by atoms with Gasteiger partial charge in [-0.1, -0.05) is 6.42 Å². The van der Waals surface area contributed by atoms with Crippen LogP contribution < -0.4 is 10.6 Å². The number of likely N-dealkylation sites (tertiary alicyclic amines) is 1. The molecule has 0 bridgehead atoms. The molecular weight excluding hydrogens is 250 g/mol. The van der Waals surface area contributed by atoms with Crippen molar-refractivity contribution in [3.63, 3.8) is 0 Å². The van der Waals surface area contributed by atoms with Crippen LogP contribution in [0.25, 0.3) is 0 Å². The van der Waals surface area contributed by atoms with Crippen molar-refractivity contribution in [3.05, 3.63) is 0 Å². The molecular formula is C12H23N3O4. The monoisotopic (exact) mass is 273 g/mol. The second kappa shape index (κ2) is 7.30. The molecule has 1 aliphatic heterocycles. The predicted molar refractivity (Wildman–Crippen MR) is 70.0 cm³/mol. The zero-order valence-corrected chi connectivity index (χ0v) is 11.3. The number of carboxylic acids is 1. The number of amides is 2. The van der Waals surface area contributed by atoms with Gasteiger partial charge < -0.3 is 25.7 Å². The molecule has 0 spiro atoms. The topological polar surface area (TPSA) is 102 Å². The molecule has 1 aliphatic rings. The van der Waals surface area contributed by atoms with Crippen molar-refractivity contribution in [2.75, 3.05) is 32.7 Å². The van der Waals surface area contributed by atoms with Crippen molar-refractivity contribution in [2.45, 2.75) is 31.8 Å². The fourth-order valence-corrected chi connectivity index (χ4v) is 1.90. The molecule has 0 aliphatic carbocycles. The molecule has 0 aromatic rings. The highest BCUT2D eigenvalue weighted by Gasteiger charge is 2.30. The molecule has 2 amide bonds. The van der Waals surface area contributed by atoms with Gasteiger partial charge in [-0.3, -0.25) is 0 Å². The number of urea groups is 1. The molecule has 4 N–H and O–H groups in total. The Balaban J connectivity index is 2.12. The van der Waals surface area contributed by atoms with Crippen LogP contribution in [0.1, 0.15) is 26.2 Å². The van der Waals surface area contributed by atoms with Crippen LogP contribution in [0, 0.1) is 0 Å². The van der Waals surface area contributed by atoms with Crippen LogP contribution >= 0.6 is 0 Å². The highest BCUT2D eigenvalue weighted by molar-refractivity contribution is 5.79. The molecule has 1 heterocycles. The third kappa shape index (κ3) is 5.89. The highest BCUT2D eigenvalue weighted by Crippen LogP contribution is 2.07. The van der Waals surface area contributed by atoms with E-state index in [1.54, 1.807) is 0 Å². The summed E-state index contributed by atoms with van der Waals surface area (Å²) in [6.07, 6.45) is 3.68. The lowest BCUT2D eigenvalue weighted by molar-refractivity contribution is -0.155. The molecule has 0 saturated carbocycles. The number of nitrogens with one attached hydrogen (secondary N) is 2. The molecule has 0 aromatic heterocycles. The Labute approximate surface area is 113 Å². The maximum atomic E-state index is 11.4. The number of rotatable bonds is 6. The number of carbonyl (C=O) groups is 2. The Kier molecular flexibility index (Phi) is 6.04. The lowest BCUT2D eigenvalue weighted by atomic mass is 10.1. The van der Waals surface area contributed by atoms with Gasteiger partial charge in [0.1, 0.15) is 0 Å². The fraction of sp³-hybridized carbons (Fsp3) is 0.833. The van der Waals surface area contributed by atoms with Gasteiger partial charge in [0.25, 0.3) is 0 Å². The van der Waals surface area contributed by atoms with Crippen LogP contribution in [0.5, 0.6) is 0 Å². The third-order valence-electron chi connectivity index (χ3n) is 3.22. The molecule has 1 saturated heterocycles. The van der Waals surface area contributed by atoms with Crippen LogP contribution in [0.15, 0.2) is 0 Å². The van der Waals surface area contributed by atoms with E-state index in [2.05, 4.69) is 15.5 Å². The summed E-state index contributed by atoms with van der Waals surface area (Å²) in [6, 6.07) is -0.460. The summed E-state index contributed by atoms with van der Waals surface area (Å²) >= 11 is 0. The Morgan fingerprint density at radius 2 is 1.84 bits per heavy atom. The Hall–Kier alpha value is -1.34. The summed E-state index contributed by atoms with van der Waals surface area (Å²) in [7, 11) is 0. The van der Waals surface area contributed by atoms with E-state index in [4.69, 9.17) is 5.11 Å². The van der Waals surface area contributed by atoms with Gasteiger partial charge in [0, 0.05) is 13.1 Å².